The Kier molecular flexibility index (Phi) is 6.65. The Labute approximate surface area is 213 Å². The summed E-state index contributed by atoms with van der Waals surface area (Å²) >= 11 is 1.45. The molecule has 0 aliphatic heterocycles. The lowest BCUT2D eigenvalue weighted by Gasteiger charge is -2.11. The minimum absolute atomic E-state index is 0.171. The van der Waals surface area contributed by atoms with E-state index < -0.39 is 0 Å². The first kappa shape index (κ1) is 23.9. The fourth-order valence-electron chi connectivity index (χ4n) is 4.48. The van der Waals surface area contributed by atoms with Crippen LogP contribution in [0.5, 0.6) is 11.5 Å². The third-order valence-electron chi connectivity index (χ3n) is 6.52. The fourth-order valence-corrected chi connectivity index (χ4v) is 5.30. The summed E-state index contributed by atoms with van der Waals surface area (Å²) in [5.41, 5.74) is 4.61. The SMILES string of the molecule is COc1ccc(OC)c(-c2csc(=Nc3c(C)n(C)n(-c4ccccc4)c3=O)n2N=C2CCCC2)c1. The van der Waals surface area contributed by atoms with E-state index in [-0.39, 0.29) is 5.56 Å². The average Bonchev–Trinajstić information content (AvgIpc) is 3.61. The van der Waals surface area contributed by atoms with Crippen LogP contribution < -0.4 is 19.8 Å². The standard InChI is InChI=1S/C27H29N5O3S/c1-18-25(26(33)32(30(18)2)20-12-6-5-7-13-20)28-27-31(29-19-10-8-9-11-19)23(17-36-27)22-16-21(34-3)14-15-24(22)35-4/h5-7,12-17H,8-11H2,1-4H3. The molecule has 0 saturated heterocycles. The molecular formula is C27H29N5O3S. The Hall–Kier alpha value is -3.85. The molecule has 2 aromatic heterocycles. The minimum Gasteiger partial charge on any atom is -0.497 e. The highest BCUT2D eigenvalue weighted by Crippen LogP contribution is 2.34. The number of benzene rings is 2. The van der Waals surface area contributed by atoms with E-state index in [1.54, 1.807) is 18.9 Å². The maximum Gasteiger partial charge on any atom is 0.297 e. The molecule has 8 nitrogen and oxygen atoms in total. The molecule has 2 heterocycles. The van der Waals surface area contributed by atoms with Crippen LogP contribution in [-0.2, 0) is 7.05 Å². The van der Waals surface area contributed by atoms with Gasteiger partial charge in [0, 0.05) is 23.7 Å². The van der Waals surface area contributed by atoms with Crippen molar-refractivity contribution in [1.29, 1.82) is 0 Å². The van der Waals surface area contributed by atoms with Crippen LogP contribution in [0, 0.1) is 6.92 Å². The van der Waals surface area contributed by atoms with Crippen LogP contribution in [0.3, 0.4) is 0 Å². The quantitative estimate of drug-likeness (QED) is 0.370. The predicted molar refractivity (Wildman–Crippen MR) is 143 cm³/mol. The Morgan fingerprint density at radius 1 is 1.00 bits per heavy atom. The molecule has 4 aromatic rings. The van der Waals surface area contributed by atoms with Gasteiger partial charge in [-0.05, 0) is 62.9 Å². The first-order valence-corrected chi connectivity index (χ1v) is 12.8. The predicted octanol–water partition coefficient (Wildman–Crippen LogP) is 5.04. The van der Waals surface area contributed by atoms with Gasteiger partial charge in [0.25, 0.3) is 5.56 Å². The summed E-state index contributed by atoms with van der Waals surface area (Å²) < 4.78 is 16.5. The van der Waals surface area contributed by atoms with Gasteiger partial charge in [0.1, 0.15) is 11.5 Å². The van der Waals surface area contributed by atoms with E-state index in [0.29, 0.717) is 16.2 Å². The van der Waals surface area contributed by atoms with Gasteiger partial charge < -0.3 is 9.47 Å². The van der Waals surface area contributed by atoms with Crippen molar-refractivity contribution in [3.05, 3.63) is 74.8 Å². The highest BCUT2D eigenvalue weighted by atomic mass is 32.1. The van der Waals surface area contributed by atoms with Gasteiger partial charge in [-0.2, -0.15) is 5.10 Å². The zero-order valence-electron chi connectivity index (χ0n) is 20.9. The third kappa shape index (κ3) is 4.30. The molecule has 0 spiro atoms. The van der Waals surface area contributed by atoms with Gasteiger partial charge in [-0.15, -0.1) is 11.3 Å². The topological polar surface area (TPSA) is 75.0 Å². The second-order valence-corrected chi connectivity index (χ2v) is 9.51. The first-order valence-electron chi connectivity index (χ1n) is 11.9. The average molecular weight is 504 g/mol. The van der Waals surface area contributed by atoms with Crippen LogP contribution in [0.15, 0.2) is 68.8 Å². The number of hydrogen-bond donors (Lipinski definition) is 0. The molecule has 0 unspecified atom stereocenters. The lowest BCUT2D eigenvalue weighted by molar-refractivity contribution is 0.404. The lowest BCUT2D eigenvalue weighted by Crippen LogP contribution is -2.20. The fraction of sp³-hybridized carbons (Fsp3) is 0.296. The van der Waals surface area contributed by atoms with E-state index in [2.05, 4.69) is 0 Å². The van der Waals surface area contributed by atoms with Crippen LogP contribution in [0.25, 0.3) is 16.9 Å². The van der Waals surface area contributed by atoms with E-state index in [1.807, 2.05) is 77.2 Å². The van der Waals surface area contributed by atoms with Gasteiger partial charge in [0.2, 0.25) is 4.80 Å². The molecule has 0 radical (unpaired) electrons. The molecule has 1 saturated carbocycles. The molecule has 1 aliphatic rings. The number of nitrogens with zero attached hydrogens (tertiary/aromatic N) is 5. The van der Waals surface area contributed by atoms with Crippen molar-refractivity contribution in [2.75, 3.05) is 14.2 Å². The molecule has 186 valence electrons. The summed E-state index contributed by atoms with van der Waals surface area (Å²) in [7, 11) is 5.16. The van der Waals surface area contributed by atoms with Gasteiger partial charge >= 0.3 is 0 Å². The van der Waals surface area contributed by atoms with E-state index in [1.165, 1.54) is 11.3 Å². The summed E-state index contributed by atoms with van der Waals surface area (Å²) in [6, 6.07) is 15.3. The second-order valence-electron chi connectivity index (χ2n) is 8.68. The number of rotatable bonds is 6. The largest absolute Gasteiger partial charge is 0.497 e. The monoisotopic (exact) mass is 503 g/mol. The summed E-state index contributed by atoms with van der Waals surface area (Å²) in [6.07, 6.45) is 4.19. The van der Waals surface area contributed by atoms with Crippen molar-refractivity contribution >= 4 is 22.7 Å². The zero-order valence-corrected chi connectivity index (χ0v) is 21.7. The molecular weight excluding hydrogens is 474 g/mol. The molecule has 36 heavy (non-hydrogen) atoms. The number of thiazole rings is 1. The van der Waals surface area contributed by atoms with Crippen molar-refractivity contribution in [2.24, 2.45) is 17.1 Å². The summed E-state index contributed by atoms with van der Waals surface area (Å²) in [5, 5.41) is 7.01. The van der Waals surface area contributed by atoms with E-state index in [4.69, 9.17) is 19.6 Å². The molecule has 1 aliphatic carbocycles. The van der Waals surface area contributed by atoms with Crippen LogP contribution in [0.1, 0.15) is 31.4 Å². The molecule has 2 aromatic carbocycles. The van der Waals surface area contributed by atoms with Crippen LogP contribution in [0.2, 0.25) is 0 Å². The first-order chi connectivity index (χ1) is 17.5. The highest BCUT2D eigenvalue weighted by Gasteiger charge is 2.19. The number of ether oxygens (including phenoxy) is 2. The number of hydrogen-bond acceptors (Lipinski definition) is 6. The molecule has 0 atom stereocenters. The van der Waals surface area contributed by atoms with Crippen molar-refractivity contribution in [3.8, 4) is 28.4 Å². The van der Waals surface area contributed by atoms with Crippen molar-refractivity contribution < 1.29 is 9.47 Å². The molecule has 5 rings (SSSR count). The maximum absolute atomic E-state index is 13.5. The molecule has 9 heteroatoms. The Morgan fingerprint density at radius 3 is 2.44 bits per heavy atom. The van der Waals surface area contributed by atoms with Gasteiger partial charge in [0.05, 0.1) is 31.3 Å². The Balaban J connectivity index is 1.74. The van der Waals surface area contributed by atoms with Crippen molar-refractivity contribution in [1.82, 2.24) is 14.0 Å². The minimum atomic E-state index is -0.171. The molecule has 0 amide bonds. The van der Waals surface area contributed by atoms with E-state index in [0.717, 1.165) is 59.8 Å². The van der Waals surface area contributed by atoms with Crippen LogP contribution >= 0.6 is 11.3 Å². The highest BCUT2D eigenvalue weighted by molar-refractivity contribution is 7.07. The number of methoxy groups -OCH3 is 2. The van der Waals surface area contributed by atoms with E-state index >= 15 is 0 Å². The Morgan fingerprint density at radius 2 is 1.75 bits per heavy atom. The van der Waals surface area contributed by atoms with Gasteiger partial charge in [0.15, 0.2) is 5.69 Å². The van der Waals surface area contributed by atoms with Crippen LogP contribution in [-0.4, -0.2) is 34.0 Å². The maximum atomic E-state index is 13.5. The summed E-state index contributed by atoms with van der Waals surface area (Å²) in [5.74, 6) is 1.43. The lowest BCUT2D eigenvalue weighted by atomic mass is 10.1. The van der Waals surface area contributed by atoms with E-state index in [9.17, 15) is 4.79 Å². The van der Waals surface area contributed by atoms with Gasteiger partial charge in [-0.3, -0.25) is 9.48 Å². The summed E-state index contributed by atoms with van der Waals surface area (Å²) in [4.78, 5) is 19.0. The van der Waals surface area contributed by atoms with Gasteiger partial charge in [-0.1, -0.05) is 18.2 Å². The molecule has 1 fully saturated rings. The zero-order chi connectivity index (χ0) is 25.2. The number of aromatic nitrogens is 3. The molecule has 0 N–H and O–H groups in total. The third-order valence-corrected chi connectivity index (χ3v) is 7.34. The van der Waals surface area contributed by atoms with Crippen molar-refractivity contribution in [2.45, 2.75) is 32.6 Å². The molecule has 0 bridgehead atoms. The number of para-hydroxylation sites is 1. The van der Waals surface area contributed by atoms with Crippen molar-refractivity contribution in [3.63, 3.8) is 0 Å². The smallest absolute Gasteiger partial charge is 0.297 e. The van der Waals surface area contributed by atoms with Crippen LogP contribution in [0.4, 0.5) is 5.69 Å². The summed E-state index contributed by atoms with van der Waals surface area (Å²) in [6.45, 7) is 1.91. The van der Waals surface area contributed by atoms with Gasteiger partial charge in [-0.25, -0.2) is 14.4 Å². The second kappa shape index (κ2) is 10.0. The Bertz CT molecular complexity index is 1550. The normalized spacial score (nSPS) is 13.9.